The molecule has 0 amide bonds. The molecule has 2 aromatic heterocycles. The molecule has 158 valence electrons. The fourth-order valence-corrected chi connectivity index (χ4v) is 4.77. The maximum Gasteiger partial charge on any atom is 0.280 e. The third-order valence-electron chi connectivity index (χ3n) is 6.36. The molecule has 2 aromatic carbocycles. The van der Waals surface area contributed by atoms with Crippen LogP contribution in [0.3, 0.4) is 0 Å². The van der Waals surface area contributed by atoms with Crippen molar-refractivity contribution in [1.82, 2.24) is 19.1 Å². The zero-order chi connectivity index (χ0) is 21.4. The van der Waals surface area contributed by atoms with Crippen molar-refractivity contribution in [3.63, 3.8) is 0 Å². The Hall–Kier alpha value is -2.92. The van der Waals surface area contributed by atoms with Crippen LogP contribution in [0.15, 0.2) is 59.4 Å². The van der Waals surface area contributed by atoms with E-state index in [1.54, 1.807) is 7.05 Å². The Labute approximate surface area is 186 Å². The van der Waals surface area contributed by atoms with Crippen molar-refractivity contribution < 1.29 is 0 Å². The van der Waals surface area contributed by atoms with Crippen LogP contribution in [0, 0.1) is 0 Å². The van der Waals surface area contributed by atoms with E-state index in [1.165, 1.54) is 42.2 Å². The molecule has 31 heavy (non-hydrogen) atoms. The number of benzene rings is 2. The number of rotatable bonds is 4. The third kappa shape index (κ3) is 3.79. The van der Waals surface area contributed by atoms with E-state index in [4.69, 9.17) is 16.6 Å². The molecule has 5 rings (SSSR count). The van der Waals surface area contributed by atoms with Gasteiger partial charge in [-0.05, 0) is 41.5 Å². The van der Waals surface area contributed by atoms with Crippen LogP contribution in [-0.4, -0.2) is 19.1 Å². The van der Waals surface area contributed by atoms with Gasteiger partial charge in [-0.3, -0.25) is 9.36 Å². The smallest absolute Gasteiger partial charge is 0.280 e. The summed E-state index contributed by atoms with van der Waals surface area (Å²) < 4.78 is 3.33. The van der Waals surface area contributed by atoms with E-state index in [0.29, 0.717) is 23.6 Å². The standard InChI is InChI=1S/C25H25ClN4O/c1-29-24(31)21-22(28-25(29)26)27-23(30(21)16-17-8-4-2-5-9-17)20-14-12-19(13-15-20)18-10-6-3-7-11-18/h2,4-5,8-9,12-15,18H,3,6-7,10-11,16H2,1H3. The molecule has 0 unspecified atom stereocenters. The lowest BCUT2D eigenvalue weighted by atomic mass is 9.84. The molecule has 2 heterocycles. The topological polar surface area (TPSA) is 52.7 Å². The van der Waals surface area contributed by atoms with Crippen LogP contribution in [0.5, 0.6) is 0 Å². The van der Waals surface area contributed by atoms with Gasteiger partial charge in [0.15, 0.2) is 11.2 Å². The van der Waals surface area contributed by atoms with Crippen molar-refractivity contribution >= 4 is 22.8 Å². The van der Waals surface area contributed by atoms with Gasteiger partial charge < -0.3 is 4.57 Å². The van der Waals surface area contributed by atoms with E-state index in [2.05, 4.69) is 41.4 Å². The van der Waals surface area contributed by atoms with Crippen molar-refractivity contribution in [3.8, 4) is 11.4 Å². The lowest BCUT2D eigenvalue weighted by molar-refractivity contribution is 0.443. The van der Waals surface area contributed by atoms with Gasteiger partial charge in [-0.1, -0.05) is 73.9 Å². The summed E-state index contributed by atoms with van der Waals surface area (Å²) in [4.78, 5) is 22.2. The maximum atomic E-state index is 13.0. The number of fused-ring (bicyclic) bond motifs is 1. The highest BCUT2D eigenvalue weighted by Crippen LogP contribution is 2.34. The summed E-state index contributed by atoms with van der Waals surface area (Å²) in [7, 11) is 1.63. The molecule has 0 atom stereocenters. The first-order chi connectivity index (χ1) is 15.1. The summed E-state index contributed by atoms with van der Waals surface area (Å²) >= 11 is 6.17. The minimum Gasteiger partial charge on any atom is -0.314 e. The molecule has 0 radical (unpaired) electrons. The van der Waals surface area contributed by atoms with Gasteiger partial charge in [0.2, 0.25) is 5.28 Å². The van der Waals surface area contributed by atoms with Gasteiger partial charge in [0.25, 0.3) is 5.56 Å². The number of aromatic nitrogens is 4. The van der Waals surface area contributed by atoms with Gasteiger partial charge in [-0.15, -0.1) is 0 Å². The van der Waals surface area contributed by atoms with E-state index in [0.717, 1.165) is 17.0 Å². The summed E-state index contributed by atoms with van der Waals surface area (Å²) in [6.45, 7) is 0.537. The summed E-state index contributed by atoms with van der Waals surface area (Å²) in [5.74, 6) is 1.39. The Morgan fingerprint density at radius 1 is 0.968 bits per heavy atom. The van der Waals surface area contributed by atoms with Crippen molar-refractivity contribution in [2.75, 3.05) is 0 Å². The summed E-state index contributed by atoms with van der Waals surface area (Å²) in [6, 6.07) is 18.8. The molecule has 0 spiro atoms. The SMILES string of the molecule is Cn1c(Cl)nc2nc(-c3ccc(C4CCCCC4)cc3)n(Cc3ccccc3)c2c1=O. The Bertz CT molecular complexity index is 1270. The minimum absolute atomic E-state index is 0.140. The first-order valence-corrected chi connectivity index (χ1v) is 11.3. The predicted octanol–water partition coefficient (Wildman–Crippen LogP) is 5.55. The molecule has 1 fully saturated rings. The second-order valence-electron chi connectivity index (χ2n) is 8.38. The van der Waals surface area contributed by atoms with E-state index in [1.807, 2.05) is 22.8 Å². The van der Waals surface area contributed by atoms with Gasteiger partial charge >= 0.3 is 0 Å². The first kappa shape index (κ1) is 20.0. The normalized spacial score (nSPS) is 14.9. The fraction of sp³-hybridized carbons (Fsp3) is 0.320. The molecule has 5 nitrogen and oxygen atoms in total. The van der Waals surface area contributed by atoms with Crippen LogP contribution in [0.4, 0.5) is 0 Å². The Kier molecular flexibility index (Phi) is 5.36. The highest BCUT2D eigenvalue weighted by Gasteiger charge is 2.20. The van der Waals surface area contributed by atoms with E-state index in [9.17, 15) is 4.79 Å². The largest absolute Gasteiger partial charge is 0.314 e. The van der Waals surface area contributed by atoms with E-state index < -0.39 is 0 Å². The number of hydrogen-bond acceptors (Lipinski definition) is 3. The van der Waals surface area contributed by atoms with Gasteiger partial charge in [-0.2, -0.15) is 4.98 Å². The third-order valence-corrected chi connectivity index (χ3v) is 6.70. The average molecular weight is 433 g/mol. The lowest BCUT2D eigenvalue weighted by Crippen LogP contribution is -2.21. The second-order valence-corrected chi connectivity index (χ2v) is 8.72. The average Bonchev–Trinajstić information content (AvgIpc) is 3.16. The van der Waals surface area contributed by atoms with Gasteiger partial charge in [0.1, 0.15) is 5.82 Å². The van der Waals surface area contributed by atoms with Crippen molar-refractivity contribution in [1.29, 1.82) is 0 Å². The summed E-state index contributed by atoms with van der Waals surface area (Å²) in [5, 5.41) is 0.140. The molecule has 1 aliphatic rings. The molecule has 0 aliphatic heterocycles. The van der Waals surface area contributed by atoms with Crippen LogP contribution in [0.25, 0.3) is 22.6 Å². The Morgan fingerprint density at radius 3 is 2.39 bits per heavy atom. The molecule has 0 saturated heterocycles. The van der Waals surface area contributed by atoms with E-state index >= 15 is 0 Å². The molecule has 4 aromatic rings. The monoisotopic (exact) mass is 432 g/mol. The molecule has 6 heteroatoms. The Balaban J connectivity index is 1.63. The molecule has 1 saturated carbocycles. The zero-order valence-corrected chi connectivity index (χ0v) is 18.3. The number of hydrogen-bond donors (Lipinski definition) is 0. The maximum absolute atomic E-state index is 13.0. The van der Waals surface area contributed by atoms with Crippen LogP contribution < -0.4 is 5.56 Å². The van der Waals surface area contributed by atoms with Crippen LogP contribution in [-0.2, 0) is 13.6 Å². The van der Waals surface area contributed by atoms with Crippen LogP contribution >= 0.6 is 11.6 Å². The van der Waals surface area contributed by atoms with Gasteiger partial charge in [0, 0.05) is 19.2 Å². The molecule has 0 N–H and O–H groups in total. The predicted molar refractivity (Wildman–Crippen MR) is 125 cm³/mol. The first-order valence-electron chi connectivity index (χ1n) is 10.9. The van der Waals surface area contributed by atoms with Gasteiger partial charge in [-0.25, -0.2) is 4.98 Å². The van der Waals surface area contributed by atoms with Crippen molar-refractivity contribution in [2.24, 2.45) is 7.05 Å². The second kappa shape index (κ2) is 8.31. The highest BCUT2D eigenvalue weighted by atomic mass is 35.5. The van der Waals surface area contributed by atoms with Crippen LogP contribution in [0.1, 0.15) is 49.1 Å². The Morgan fingerprint density at radius 2 is 1.68 bits per heavy atom. The highest BCUT2D eigenvalue weighted by molar-refractivity contribution is 6.28. The number of imidazole rings is 1. The van der Waals surface area contributed by atoms with Crippen LogP contribution in [0.2, 0.25) is 5.28 Å². The van der Waals surface area contributed by atoms with Crippen molar-refractivity contribution in [2.45, 2.75) is 44.6 Å². The van der Waals surface area contributed by atoms with Crippen molar-refractivity contribution in [3.05, 3.63) is 81.4 Å². The molecular weight excluding hydrogens is 408 g/mol. The molecular formula is C25H25ClN4O. The molecule has 1 aliphatic carbocycles. The summed E-state index contributed by atoms with van der Waals surface area (Å²) in [5.41, 5.74) is 4.14. The lowest BCUT2D eigenvalue weighted by Gasteiger charge is -2.22. The fourth-order valence-electron chi connectivity index (χ4n) is 4.61. The quantitative estimate of drug-likeness (QED) is 0.397. The zero-order valence-electron chi connectivity index (χ0n) is 17.6. The summed E-state index contributed by atoms with van der Waals surface area (Å²) in [6.07, 6.45) is 6.52. The number of nitrogens with zero attached hydrogens (tertiary/aromatic N) is 4. The molecule has 0 bridgehead atoms. The van der Waals surface area contributed by atoms with E-state index in [-0.39, 0.29) is 10.8 Å². The number of halogens is 1. The minimum atomic E-state index is -0.191. The van der Waals surface area contributed by atoms with Gasteiger partial charge in [0.05, 0.1) is 0 Å².